The number of nitrogens with one attached hydrogen (secondary N) is 1. The summed E-state index contributed by atoms with van der Waals surface area (Å²) in [4.78, 5) is 7.33. The van der Waals surface area contributed by atoms with E-state index in [1.54, 1.807) is 0 Å². The fraction of sp³-hybridized carbons (Fsp3) is 0.933. The number of hydrogen-bond donors (Lipinski definition) is 1. The molecule has 0 aromatic heterocycles. The summed E-state index contributed by atoms with van der Waals surface area (Å²) in [6.07, 6.45) is 4.99. The topological polar surface area (TPSA) is 27.6 Å². The summed E-state index contributed by atoms with van der Waals surface area (Å²) in [5, 5.41) is 3.58. The second kappa shape index (κ2) is 5.10. The van der Waals surface area contributed by atoms with Gasteiger partial charge in [0.2, 0.25) is 0 Å². The third-order valence-electron chi connectivity index (χ3n) is 5.54. The summed E-state index contributed by atoms with van der Waals surface area (Å²) >= 11 is 0. The van der Waals surface area contributed by atoms with Crippen LogP contribution in [0.4, 0.5) is 0 Å². The molecule has 0 radical (unpaired) electrons. The first-order valence-electron chi connectivity index (χ1n) is 7.66. The third kappa shape index (κ3) is 2.24. The normalized spacial score (nSPS) is 25.1. The summed E-state index contributed by atoms with van der Waals surface area (Å²) in [5.41, 5.74) is 0.860. The highest BCUT2D eigenvalue weighted by Crippen LogP contribution is 2.36. The van der Waals surface area contributed by atoms with Crippen molar-refractivity contribution in [3.05, 3.63) is 0 Å². The van der Waals surface area contributed by atoms with E-state index in [0.717, 1.165) is 19.0 Å². The van der Waals surface area contributed by atoms with Crippen LogP contribution in [0.5, 0.6) is 0 Å². The van der Waals surface area contributed by atoms with Crippen LogP contribution in [0, 0.1) is 10.8 Å². The van der Waals surface area contributed by atoms with Gasteiger partial charge in [-0.3, -0.25) is 4.99 Å². The van der Waals surface area contributed by atoms with Gasteiger partial charge in [-0.25, -0.2) is 0 Å². The molecule has 0 aromatic carbocycles. The molecule has 0 saturated carbocycles. The smallest absolute Gasteiger partial charge is 0.194 e. The molecule has 2 aliphatic rings. The first-order valence-corrected chi connectivity index (χ1v) is 7.66. The van der Waals surface area contributed by atoms with Crippen LogP contribution in [0.15, 0.2) is 4.99 Å². The molecule has 0 aromatic rings. The van der Waals surface area contributed by atoms with Crippen LogP contribution in [0.25, 0.3) is 0 Å². The van der Waals surface area contributed by atoms with Crippen LogP contribution in [0.1, 0.15) is 53.4 Å². The summed E-state index contributed by atoms with van der Waals surface area (Å²) < 4.78 is 0. The summed E-state index contributed by atoms with van der Waals surface area (Å²) in [6, 6.07) is 0. The molecule has 2 heterocycles. The maximum atomic E-state index is 4.81. The number of nitrogens with zero attached hydrogens (tertiary/aromatic N) is 2. The minimum atomic E-state index is 0.412. The van der Waals surface area contributed by atoms with E-state index in [1.807, 2.05) is 0 Å². The standard InChI is InChI=1S/C15H29N3/c1-5-14(6-2)9-16-13-17-10-15(7-3,8-4)12-18(13)11-14/h5-12H2,1-4H3,(H,16,17). The second-order valence-electron chi connectivity index (χ2n) is 6.26. The lowest BCUT2D eigenvalue weighted by molar-refractivity contribution is 0.101. The molecule has 3 heteroatoms. The highest BCUT2D eigenvalue weighted by molar-refractivity contribution is 5.81. The van der Waals surface area contributed by atoms with Gasteiger partial charge in [0, 0.05) is 30.5 Å². The monoisotopic (exact) mass is 251 g/mol. The van der Waals surface area contributed by atoms with Gasteiger partial charge >= 0.3 is 0 Å². The summed E-state index contributed by atoms with van der Waals surface area (Å²) in [6.45, 7) is 13.8. The Labute approximate surface area is 112 Å². The molecule has 18 heavy (non-hydrogen) atoms. The molecule has 0 atom stereocenters. The summed E-state index contributed by atoms with van der Waals surface area (Å²) in [5.74, 6) is 1.16. The Bertz CT molecular complexity index is 314. The highest BCUT2D eigenvalue weighted by atomic mass is 15.3. The van der Waals surface area contributed by atoms with Crippen LogP contribution < -0.4 is 5.32 Å². The third-order valence-corrected chi connectivity index (χ3v) is 5.54. The Balaban J connectivity index is 2.16. The quantitative estimate of drug-likeness (QED) is 0.832. The molecule has 1 fully saturated rings. The SMILES string of the molecule is CCC1(CC)CN=C2NCC(CC)(CC)CN2C1. The van der Waals surface area contributed by atoms with Gasteiger partial charge in [-0.1, -0.05) is 27.7 Å². The van der Waals surface area contributed by atoms with Gasteiger partial charge in [0.05, 0.1) is 6.54 Å². The summed E-state index contributed by atoms with van der Waals surface area (Å²) in [7, 11) is 0. The number of aliphatic imine (C=N–C) groups is 1. The predicted octanol–water partition coefficient (Wildman–Crippen LogP) is 2.87. The van der Waals surface area contributed by atoms with Gasteiger partial charge in [-0.05, 0) is 25.7 Å². The van der Waals surface area contributed by atoms with Gasteiger partial charge in [0.15, 0.2) is 5.96 Å². The molecule has 104 valence electrons. The number of rotatable bonds is 4. The van der Waals surface area contributed by atoms with Crippen LogP contribution in [0.3, 0.4) is 0 Å². The molecule has 3 nitrogen and oxygen atoms in total. The zero-order chi connectivity index (χ0) is 13.2. The molecule has 1 saturated heterocycles. The molecule has 2 rings (SSSR count). The fourth-order valence-electron chi connectivity index (χ4n) is 3.32. The Morgan fingerprint density at radius 1 is 1.00 bits per heavy atom. The zero-order valence-corrected chi connectivity index (χ0v) is 12.6. The van der Waals surface area contributed by atoms with Crippen molar-refractivity contribution in [1.82, 2.24) is 10.2 Å². The van der Waals surface area contributed by atoms with Crippen molar-refractivity contribution in [1.29, 1.82) is 0 Å². The van der Waals surface area contributed by atoms with Gasteiger partial charge in [-0.15, -0.1) is 0 Å². The van der Waals surface area contributed by atoms with E-state index in [-0.39, 0.29) is 0 Å². The van der Waals surface area contributed by atoms with E-state index in [9.17, 15) is 0 Å². The van der Waals surface area contributed by atoms with Crippen molar-refractivity contribution in [2.75, 3.05) is 26.2 Å². The molecule has 2 aliphatic heterocycles. The number of guanidine groups is 1. The first kappa shape index (κ1) is 13.7. The van der Waals surface area contributed by atoms with E-state index >= 15 is 0 Å². The molecule has 0 spiro atoms. The van der Waals surface area contributed by atoms with Crippen LogP contribution in [-0.4, -0.2) is 37.0 Å². The minimum absolute atomic E-state index is 0.412. The maximum Gasteiger partial charge on any atom is 0.194 e. The predicted molar refractivity (Wildman–Crippen MR) is 77.9 cm³/mol. The molecule has 1 N–H and O–H groups in total. The highest BCUT2D eigenvalue weighted by Gasteiger charge is 2.40. The van der Waals surface area contributed by atoms with Crippen molar-refractivity contribution in [2.45, 2.75) is 53.4 Å². The average molecular weight is 251 g/mol. The molecule has 0 aliphatic carbocycles. The second-order valence-corrected chi connectivity index (χ2v) is 6.26. The van der Waals surface area contributed by atoms with Gasteiger partial charge in [0.1, 0.15) is 0 Å². The van der Waals surface area contributed by atoms with Gasteiger partial charge in [0.25, 0.3) is 0 Å². The van der Waals surface area contributed by atoms with Crippen molar-refractivity contribution in [2.24, 2.45) is 15.8 Å². The average Bonchev–Trinajstić information content (AvgIpc) is 2.45. The van der Waals surface area contributed by atoms with Crippen molar-refractivity contribution in [3.8, 4) is 0 Å². The molecular weight excluding hydrogens is 222 g/mol. The Kier molecular flexibility index (Phi) is 3.88. The van der Waals surface area contributed by atoms with E-state index in [4.69, 9.17) is 4.99 Å². The Hall–Kier alpha value is -0.730. The maximum absolute atomic E-state index is 4.81. The van der Waals surface area contributed by atoms with Gasteiger partial charge < -0.3 is 10.2 Å². The van der Waals surface area contributed by atoms with Crippen LogP contribution in [-0.2, 0) is 0 Å². The van der Waals surface area contributed by atoms with E-state index in [2.05, 4.69) is 37.9 Å². The van der Waals surface area contributed by atoms with Crippen molar-refractivity contribution in [3.63, 3.8) is 0 Å². The molecule has 0 bridgehead atoms. The largest absolute Gasteiger partial charge is 0.356 e. The van der Waals surface area contributed by atoms with Crippen molar-refractivity contribution >= 4 is 5.96 Å². The molecule has 0 unspecified atom stereocenters. The van der Waals surface area contributed by atoms with E-state index in [0.29, 0.717) is 10.8 Å². The van der Waals surface area contributed by atoms with E-state index < -0.39 is 0 Å². The molecule has 0 amide bonds. The first-order chi connectivity index (χ1) is 8.62. The lowest BCUT2D eigenvalue weighted by Gasteiger charge is -2.50. The van der Waals surface area contributed by atoms with Crippen LogP contribution in [0.2, 0.25) is 0 Å². The van der Waals surface area contributed by atoms with Gasteiger partial charge in [-0.2, -0.15) is 0 Å². The van der Waals surface area contributed by atoms with Crippen LogP contribution >= 0.6 is 0 Å². The molecular formula is C15H29N3. The fourth-order valence-corrected chi connectivity index (χ4v) is 3.32. The number of hydrogen-bond acceptors (Lipinski definition) is 3. The van der Waals surface area contributed by atoms with Crippen molar-refractivity contribution < 1.29 is 0 Å². The Morgan fingerprint density at radius 3 is 2.11 bits per heavy atom. The lowest BCUT2D eigenvalue weighted by Crippen LogP contribution is -2.61. The lowest BCUT2D eigenvalue weighted by atomic mass is 9.77. The zero-order valence-electron chi connectivity index (χ0n) is 12.6. The minimum Gasteiger partial charge on any atom is -0.356 e. The Morgan fingerprint density at radius 2 is 1.56 bits per heavy atom. The number of fused-ring (bicyclic) bond motifs is 1. The van der Waals surface area contributed by atoms with E-state index in [1.165, 1.54) is 38.8 Å².